The van der Waals surface area contributed by atoms with Crippen LogP contribution in [0.3, 0.4) is 0 Å². The molecule has 1 heteroatoms. The minimum atomic E-state index is 0.468. The molecule has 0 radical (unpaired) electrons. The van der Waals surface area contributed by atoms with E-state index in [1.807, 2.05) is 6.07 Å². The van der Waals surface area contributed by atoms with Crippen LogP contribution in [0.1, 0.15) is 36.0 Å². The molecule has 1 aliphatic carbocycles. The summed E-state index contributed by atoms with van der Waals surface area (Å²) in [5, 5.41) is 5.93. The van der Waals surface area contributed by atoms with Crippen molar-refractivity contribution in [2.75, 3.05) is 0 Å². The topological polar surface area (TPSA) is 0 Å². The largest absolute Gasteiger partial charge is 0.0837 e. The van der Waals surface area contributed by atoms with Crippen LogP contribution in [0.2, 0.25) is 5.02 Å². The number of hydrogen-bond acceptors (Lipinski definition) is 0. The van der Waals surface area contributed by atoms with Crippen molar-refractivity contribution < 1.29 is 0 Å². The highest BCUT2D eigenvalue weighted by Crippen LogP contribution is 2.44. The van der Waals surface area contributed by atoms with Gasteiger partial charge < -0.3 is 0 Å². The van der Waals surface area contributed by atoms with Crippen molar-refractivity contribution in [3.63, 3.8) is 0 Å². The van der Waals surface area contributed by atoms with Crippen LogP contribution in [0.15, 0.2) is 72.8 Å². The van der Waals surface area contributed by atoms with Crippen molar-refractivity contribution in [1.29, 1.82) is 0 Å². The van der Waals surface area contributed by atoms with E-state index in [-0.39, 0.29) is 0 Å². The third-order valence-electron chi connectivity index (χ3n) is 5.89. The Labute approximate surface area is 159 Å². The Balaban J connectivity index is 1.84. The summed E-state index contributed by atoms with van der Waals surface area (Å²) in [4.78, 5) is 0. The van der Waals surface area contributed by atoms with Gasteiger partial charge in [-0.25, -0.2) is 0 Å². The van der Waals surface area contributed by atoms with E-state index in [4.69, 9.17) is 11.6 Å². The summed E-state index contributed by atoms with van der Waals surface area (Å²) < 4.78 is 0. The molecule has 0 bridgehead atoms. The van der Waals surface area contributed by atoms with Crippen molar-refractivity contribution >= 4 is 33.1 Å². The van der Waals surface area contributed by atoms with E-state index < -0.39 is 0 Å². The van der Waals surface area contributed by atoms with Gasteiger partial charge in [0.2, 0.25) is 0 Å². The molecule has 4 aromatic rings. The molecule has 0 saturated carbocycles. The van der Waals surface area contributed by atoms with Crippen LogP contribution in [-0.4, -0.2) is 0 Å². The second kappa shape index (κ2) is 6.14. The van der Waals surface area contributed by atoms with E-state index in [0.29, 0.717) is 11.8 Å². The molecule has 2 unspecified atom stereocenters. The fraction of sp³-hybridized carbons (Fsp3) is 0.200. The first-order valence-corrected chi connectivity index (χ1v) is 9.78. The molecule has 1 aliphatic rings. The van der Waals surface area contributed by atoms with Crippen LogP contribution < -0.4 is 0 Å². The number of fused-ring (bicyclic) bond motifs is 5. The lowest BCUT2D eigenvalue weighted by Gasteiger charge is -2.31. The molecule has 0 saturated heterocycles. The molecule has 128 valence electrons. The summed E-state index contributed by atoms with van der Waals surface area (Å²) in [6.45, 7) is 2.38. The summed E-state index contributed by atoms with van der Waals surface area (Å²) in [5.74, 6) is 1.18. The number of benzene rings is 4. The highest BCUT2D eigenvalue weighted by atomic mass is 35.5. The zero-order chi connectivity index (χ0) is 17.7. The summed E-state index contributed by atoms with van der Waals surface area (Å²) in [6.07, 6.45) is 2.38. The quantitative estimate of drug-likeness (QED) is 0.312. The van der Waals surface area contributed by atoms with Crippen molar-refractivity contribution in [1.82, 2.24) is 0 Å². The molecule has 0 aromatic heterocycles. The molecule has 0 N–H and O–H groups in total. The van der Waals surface area contributed by atoms with Gasteiger partial charge in [-0.1, -0.05) is 85.3 Å². The van der Waals surface area contributed by atoms with E-state index >= 15 is 0 Å². The van der Waals surface area contributed by atoms with Gasteiger partial charge in [0.25, 0.3) is 0 Å². The first-order chi connectivity index (χ1) is 12.7. The van der Waals surface area contributed by atoms with Gasteiger partial charge in [0.15, 0.2) is 0 Å². The summed E-state index contributed by atoms with van der Waals surface area (Å²) >= 11 is 6.44. The lowest BCUT2D eigenvalue weighted by molar-refractivity contribution is 0.467. The second-order valence-electron chi connectivity index (χ2n) is 7.64. The van der Waals surface area contributed by atoms with E-state index in [0.717, 1.165) is 10.4 Å². The number of rotatable bonds is 1. The van der Waals surface area contributed by atoms with E-state index in [9.17, 15) is 0 Å². The Kier molecular flexibility index (Phi) is 3.76. The first-order valence-electron chi connectivity index (χ1n) is 9.40. The Bertz CT molecular complexity index is 1110. The molecule has 0 amide bonds. The lowest BCUT2D eigenvalue weighted by Crippen LogP contribution is -2.18. The van der Waals surface area contributed by atoms with Crippen LogP contribution in [0.4, 0.5) is 0 Å². The molecule has 0 aliphatic heterocycles. The molecule has 26 heavy (non-hydrogen) atoms. The highest BCUT2D eigenvalue weighted by molar-refractivity contribution is 6.36. The second-order valence-corrected chi connectivity index (χ2v) is 8.05. The van der Waals surface area contributed by atoms with E-state index in [1.165, 1.54) is 45.7 Å². The van der Waals surface area contributed by atoms with Gasteiger partial charge in [-0.2, -0.15) is 0 Å². The van der Waals surface area contributed by atoms with E-state index in [2.05, 4.69) is 73.7 Å². The molecule has 0 spiro atoms. The van der Waals surface area contributed by atoms with Crippen LogP contribution >= 0.6 is 11.6 Å². The van der Waals surface area contributed by atoms with Crippen molar-refractivity contribution in [2.45, 2.75) is 25.7 Å². The van der Waals surface area contributed by atoms with Crippen LogP contribution in [0, 0.1) is 5.92 Å². The van der Waals surface area contributed by atoms with Gasteiger partial charge in [0.05, 0.1) is 0 Å². The van der Waals surface area contributed by atoms with Crippen LogP contribution in [-0.2, 0) is 6.42 Å². The normalized spacial score (nSPS) is 19.6. The fourth-order valence-corrected chi connectivity index (χ4v) is 5.00. The maximum absolute atomic E-state index is 6.44. The monoisotopic (exact) mass is 356 g/mol. The van der Waals surface area contributed by atoms with Crippen molar-refractivity contribution in [3.8, 4) is 0 Å². The standard InChI is InChI=1S/C25H21Cl/c1-16-14-18-10-11-20-19-8-5-9-24(26)21(19)12-13-22(20)25(18)23(15-16)17-6-3-2-4-7-17/h2-13,16,23H,14-15H2,1H3. The van der Waals surface area contributed by atoms with Gasteiger partial charge in [0, 0.05) is 16.3 Å². The third kappa shape index (κ3) is 2.44. The number of halogens is 1. The average molecular weight is 357 g/mol. The summed E-state index contributed by atoms with van der Waals surface area (Å²) in [5.41, 5.74) is 4.46. The zero-order valence-electron chi connectivity index (χ0n) is 14.9. The van der Waals surface area contributed by atoms with Crippen LogP contribution in [0.25, 0.3) is 21.5 Å². The predicted molar refractivity (Wildman–Crippen MR) is 112 cm³/mol. The van der Waals surface area contributed by atoms with Crippen molar-refractivity contribution in [2.24, 2.45) is 5.92 Å². The van der Waals surface area contributed by atoms with Gasteiger partial charge >= 0.3 is 0 Å². The SMILES string of the molecule is CC1Cc2ccc3c(ccc4c(Cl)cccc43)c2C(c2ccccc2)C1. The lowest BCUT2D eigenvalue weighted by atomic mass is 9.72. The minimum Gasteiger partial charge on any atom is -0.0837 e. The molecule has 4 aromatic carbocycles. The van der Waals surface area contributed by atoms with Crippen LogP contribution in [0.5, 0.6) is 0 Å². The molecule has 0 heterocycles. The Morgan fingerprint density at radius 2 is 1.46 bits per heavy atom. The molecule has 5 rings (SSSR count). The Hall–Kier alpha value is -2.31. The van der Waals surface area contributed by atoms with E-state index in [1.54, 1.807) is 0 Å². The Morgan fingerprint density at radius 1 is 0.731 bits per heavy atom. The predicted octanol–water partition coefficient (Wildman–Crippen LogP) is 7.36. The molecule has 0 fully saturated rings. The van der Waals surface area contributed by atoms with Gasteiger partial charge in [0.1, 0.15) is 0 Å². The Morgan fingerprint density at radius 3 is 2.31 bits per heavy atom. The summed E-state index contributed by atoms with van der Waals surface area (Å²) in [6, 6.07) is 26.3. The highest BCUT2D eigenvalue weighted by Gasteiger charge is 2.27. The van der Waals surface area contributed by atoms with Gasteiger partial charge in [-0.15, -0.1) is 0 Å². The maximum Gasteiger partial charge on any atom is 0.0484 e. The fourth-order valence-electron chi connectivity index (χ4n) is 4.76. The molecule has 2 atom stereocenters. The van der Waals surface area contributed by atoms with Gasteiger partial charge in [-0.3, -0.25) is 0 Å². The smallest absolute Gasteiger partial charge is 0.0484 e. The third-order valence-corrected chi connectivity index (χ3v) is 6.22. The molecular weight excluding hydrogens is 336 g/mol. The maximum atomic E-state index is 6.44. The summed E-state index contributed by atoms with van der Waals surface area (Å²) in [7, 11) is 0. The zero-order valence-corrected chi connectivity index (χ0v) is 15.6. The number of hydrogen-bond donors (Lipinski definition) is 0. The average Bonchev–Trinajstić information content (AvgIpc) is 2.67. The minimum absolute atomic E-state index is 0.468. The van der Waals surface area contributed by atoms with Gasteiger partial charge in [-0.05, 0) is 57.7 Å². The molecular formula is C25H21Cl. The molecule has 0 nitrogen and oxygen atoms in total. The first kappa shape index (κ1) is 15.9. The van der Waals surface area contributed by atoms with Crippen molar-refractivity contribution in [3.05, 3.63) is 94.5 Å².